The zero-order chi connectivity index (χ0) is 14.8. The topological polar surface area (TPSA) is 68.8 Å². The molecule has 0 fully saturated rings. The first kappa shape index (κ1) is 13.2. The number of nitrogens with one attached hydrogen (secondary N) is 1. The molecule has 1 atom stereocenters. The van der Waals surface area contributed by atoms with Gasteiger partial charge in [-0.2, -0.15) is 5.10 Å². The summed E-state index contributed by atoms with van der Waals surface area (Å²) in [5, 5.41) is 7.76. The highest BCUT2D eigenvalue weighted by Crippen LogP contribution is 2.18. The summed E-state index contributed by atoms with van der Waals surface area (Å²) in [7, 11) is 0. The summed E-state index contributed by atoms with van der Waals surface area (Å²) >= 11 is 0. The van der Waals surface area contributed by atoms with Gasteiger partial charge in [-0.3, -0.25) is 0 Å². The Morgan fingerprint density at radius 1 is 1.27 bits per heavy atom. The molecule has 6 nitrogen and oxygen atoms in total. The third-order valence-corrected chi connectivity index (χ3v) is 3.95. The molecule has 1 aromatic carbocycles. The van der Waals surface area contributed by atoms with Crippen LogP contribution in [0.1, 0.15) is 17.9 Å². The monoisotopic (exact) mass is 295 g/mol. The molecule has 0 spiro atoms. The number of oxazole rings is 1. The summed E-state index contributed by atoms with van der Waals surface area (Å²) in [6, 6.07) is 10.3. The summed E-state index contributed by atoms with van der Waals surface area (Å²) in [6.07, 6.45) is 5.38. The molecule has 0 amide bonds. The number of hydrogen-bond acceptors (Lipinski definition) is 5. The highest BCUT2D eigenvalue weighted by atomic mass is 16.3. The molecule has 0 unspecified atom stereocenters. The van der Waals surface area contributed by atoms with Crippen molar-refractivity contribution in [3.05, 3.63) is 54.4 Å². The van der Waals surface area contributed by atoms with Crippen molar-refractivity contribution in [2.75, 3.05) is 0 Å². The van der Waals surface area contributed by atoms with Gasteiger partial charge in [0.15, 0.2) is 0 Å². The van der Waals surface area contributed by atoms with E-state index < -0.39 is 0 Å². The Bertz CT molecular complexity index is 749. The quantitative estimate of drug-likeness (QED) is 0.797. The van der Waals surface area contributed by atoms with Gasteiger partial charge in [0.2, 0.25) is 5.89 Å². The Hall–Kier alpha value is -2.47. The van der Waals surface area contributed by atoms with Gasteiger partial charge in [-0.25, -0.2) is 14.6 Å². The van der Waals surface area contributed by atoms with Crippen LogP contribution in [0, 0.1) is 0 Å². The smallest absolute Gasteiger partial charge is 0.226 e. The minimum absolute atomic E-state index is 0.395. The van der Waals surface area contributed by atoms with Gasteiger partial charge >= 0.3 is 0 Å². The molecule has 0 radical (unpaired) electrons. The molecule has 22 heavy (non-hydrogen) atoms. The molecule has 3 heterocycles. The van der Waals surface area contributed by atoms with Crippen molar-refractivity contribution < 1.29 is 4.42 Å². The molecule has 112 valence electrons. The van der Waals surface area contributed by atoms with Gasteiger partial charge in [-0.05, 0) is 18.6 Å². The molecular formula is C16H17N5O. The minimum Gasteiger partial charge on any atom is -0.444 e. The predicted molar refractivity (Wildman–Crippen MR) is 80.9 cm³/mol. The molecule has 0 bridgehead atoms. The van der Waals surface area contributed by atoms with E-state index in [1.54, 1.807) is 12.6 Å². The molecule has 2 aromatic heterocycles. The maximum Gasteiger partial charge on any atom is 0.226 e. The number of nitrogens with zero attached hydrogens (tertiary/aromatic N) is 4. The normalized spacial score (nSPS) is 17.4. The Kier molecular flexibility index (Phi) is 3.44. The van der Waals surface area contributed by atoms with Crippen molar-refractivity contribution in [2.24, 2.45) is 0 Å². The lowest BCUT2D eigenvalue weighted by Gasteiger charge is -2.23. The van der Waals surface area contributed by atoms with E-state index in [9.17, 15) is 0 Å². The summed E-state index contributed by atoms with van der Waals surface area (Å²) in [5.41, 5.74) is 1.92. The highest BCUT2D eigenvalue weighted by molar-refractivity contribution is 5.52. The summed E-state index contributed by atoms with van der Waals surface area (Å²) in [4.78, 5) is 8.78. The first-order valence-corrected chi connectivity index (χ1v) is 7.48. The van der Waals surface area contributed by atoms with Crippen molar-refractivity contribution in [2.45, 2.75) is 32.0 Å². The standard InChI is InChI=1S/C16H17N5O/c1-2-4-12(5-3-1)16-20-14(10-22-16)8-17-13-6-7-15-18-11-19-21(15)9-13/h1-5,10-11,13,17H,6-9H2/t13-/m0/s1. The van der Waals surface area contributed by atoms with Crippen LogP contribution in [0.15, 0.2) is 47.3 Å². The van der Waals surface area contributed by atoms with E-state index in [0.29, 0.717) is 18.5 Å². The number of fused-ring (bicyclic) bond motifs is 1. The third-order valence-electron chi connectivity index (χ3n) is 3.95. The van der Waals surface area contributed by atoms with Crippen molar-refractivity contribution in [3.63, 3.8) is 0 Å². The second-order valence-electron chi connectivity index (χ2n) is 5.48. The van der Waals surface area contributed by atoms with E-state index in [4.69, 9.17) is 4.42 Å². The lowest BCUT2D eigenvalue weighted by atomic mass is 10.1. The predicted octanol–water partition coefficient (Wildman–Crippen LogP) is 2.04. The molecule has 6 heteroatoms. The molecule has 0 saturated carbocycles. The van der Waals surface area contributed by atoms with Crippen LogP contribution in [0.5, 0.6) is 0 Å². The van der Waals surface area contributed by atoms with Gasteiger partial charge < -0.3 is 9.73 Å². The fraction of sp³-hybridized carbons (Fsp3) is 0.312. The van der Waals surface area contributed by atoms with Gasteiger partial charge in [0.1, 0.15) is 18.4 Å². The van der Waals surface area contributed by atoms with Crippen molar-refractivity contribution in [3.8, 4) is 11.5 Å². The first-order valence-electron chi connectivity index (χ1n) is 7.48. The van der Waals surface area contributed by atoms with E-state index in [2.05, 4.69) is 20.4 Å². The third kappa shape index (κ3) is 2.65. The van der Waals surface area contributed by atoms with Crippen LogP contribution >= 0.6 is 0 Å². The minimum atomic E-state index is 0.395. The van der Waals surface area contributed by atoms with Crippen LogP contribution in [0.2, 0.25) is 0 Å². The van der Waals surface area contributed by atoms with Crippen molar-refractivity contribution in [1.29, 1.82) is 0 Å². The van der Waals surface area contributed by atoms with E-state index in [1.807, 2.05) is 35.0 Å². The van der Waals surface area contributed by atoms with Gasteiger partial charge in [0, 0.05) is 24.6 Å². The zero-order valence-corrected chi connectivity index (χ0v) is 12.1. The Morgan fingerprint density at radius 3 is 3.09 bits per heavy atom. The average molecular weight is 295 g/mol. The molecule has 1 aliphatic heterocycles. The van der Waals surface area contributed by atoms with Crippen molar-refractivity contribution in [1.82, 2.24) is 25.1 Å². The van der Waals surface area contributed by atoms with E-state index in [-0.39, 0.29) is 0 Å². The van der Waals surface area contributed by atoms with Crippen LogP contribution in [0.25, 0.3) is 11.5 Å². The number of aryl methyl sites for hydroxylation is 1. The largest absolute Gasteiger partial charge is 0.444 e. The zero-order valence-electron chi connectivity index (χ0n) is 12.1. The summed E-state index contributed by atoms with van der Waals surface area (Å²) in [6.45, 7) is 1.56. The fourth-order valence-corrected chi connectivity index (χ4v) is 2.75. The Morgan fingerprint density at radius 2 is 2.18 bits per heavy atom. The van der Waals surface area contributed by atoms with Crippen LogP contribution in [-0.2, 0) is 19.5 Å². The molecule has 4 rings (SSSR count). The number of hydrogen-bond donors (Lipinski definition) is 1. The fourth-order valence-electron chi connectivity index (χ4n) is 2.75. The SMILES string of the molecule is c1ccc(-c2nc(CN[C@H]3CCc4ncnn4C3)co2)cc1. The Labute approximate surface area is 128 Å². The number of rotatable bonds is 4. The lowest BCUT2D eigenvalue weighted by molar-refractivity contribution is 0.356. The lowest BCUT2D eigenvalue weighted by Crippen LogP contribution is -2.37. The molecule has 1 N–H and O–H groups in total. The maximum absolute atomic E-state index is 5.56. The summed E-state index contributed by atoms with van der Waals surface area (Å²) < 4.78 is 7.53. The number of benzene rings is 1. The van der Waals surface area contributed by atoms with Crippen LogP contribution in [0.4, 0.5) is 0 Å². The van der Waals surface area contributed by atoms with Gasteiger partial charge in [-0.1, -0.05) is 18.2 Å². The maximum atomic E-state index is 5.56. The summed E-state index contributed by atoms with van der Waals surface area (Å²) in [5.74, 6) is 1.74. The first-order chi connectivity index (χ1) is 10.9. The molecule has 3 aromatic rings. The van der Waals surface area contributed by atoms with Crippen LogP contribution < -0.4 is 5.32 Å². The van der Waals surface area contributed by atoms with Gasteiger partial charge in [0.25, 0.3) is 0 Å². The van der Waals surface area contributed by atoms with E-state index in [1.165, 1.54) is 0 Å². The van der Waals surface area contributed by atoms with E-state index >= 15 is 0 Å². The highest BCUT2D eigenvalue weighted by Gasteiger charge is 2.19. The number of aromatic nitrogens is 4. The average Bonchev–Trinajstić information content (AvgIpc) is 3.22. The van der Waals surface area contributed by atoms with Crippen LogP contribution in [0.3, 0.4) is 0 Å². The second kappa shape index (κ2) is 5.73. The van der Waals surface area contributed by atoms with Crippen molar-refractivity contribution >= 4 is 0 Å². The molecule has 0 aliphatic carbocycles. The second-order valence-corrected chi connectivity index (χ2v) is 5.48. The Balaban J connectivity index is 1.38. The molecule has 1 aliphatic rings. The molecular weight excluding hydrogens is 278 g/mol. The van der Waals surface area contributed by atoms with Gasteiger partial charge in [0.05, 0.1) is 12.2 Å². The van der Waals surface area contributed by atoms with E-state index in [0.717, 1.165) is 36.5 Å². The van der Waals surface area contributed by atoms with Crippen LogP contribution in [-0.4, -0.2) is 25.8 Å². The van der Waals surface area contributed by atoms with Gasteiger partial charge in [-0.15, -0.1) is 0 Å². The molecule has 0 saturated heterocycles.